The Hall–Kier alpha value is -1.81. The van der Waals surface area contributed by atoms with Crippen LogP contribution in [0.1, 0.15) is 35.4 Å². The summed E-state index contributed by atoms with van der Waals surface area (Å²) in [5, 5.41) is 8.32. The number of aryl methyl sites for hydroxylation is 2. The molecule has 1 aromatic heterocycles. The van der Waals surface area contributed by atoms with Gasteiger partial charge in [-0.25, -0.2) is 4.68 Å². The Labute approximate surface area is 135 Å². The van der Waals surface area contributed by atoms with Crippen molar-refractivity contribution in [1.82, 2.24) is 15.1 Å². The molecule has 3 rings (SSSR count). The van der Waals surface area contributed by atoms with Gasteiger partial charge in [0, 0.05) is 22.3 Å². The molecule has 0 radical (unpaired) electrons. The van der Waals surface area contributed by atoms with E-state index in [1.165, 1.54) is 0 Å². The molecule has 1 aliphatic carbocycles. The highest BCUT2D eigenvalue weighted by Crippen LogP contribution is 2.24. The molecular formula is C17H20ClN3O. The number of benzene rings is 1. The third-order valence-electron chi connectivity index (χ3n) is 4.12. The summed E-state index contributed by atoms with van der Waals surface area (Å²) in [5.74, 6) is 0.0789. The van der Waals surface area contributed by atoms with E-state index in [0.717, 1.165) is 46.1 Å². The van der Waals surface area contributed by atoms with Gasteiger partial charge in [-0.1, -0.05) is 17.7 Å². The number of aromatic nitrogens is 2. The monoisotopic (exact) mass is 317 g/mol. The second-order valence-corrected chi connectivity index (χ2v) is 6.42. The fourth-order valence-corrected chi connectivity index (χ4v) is 2.74. The quantitative estimate of drug-likeness (QED) is 0.940. The second-order valence-electron chi connectivity index (χ2n) is 6.01. The van der Waals surface area contributed by atoms with E-state index in [1.54, 1.807) is 0 Å². The lowest BCUT2D eigenvalue weighted by atomic mass is 10.1. The van der Waals surface area contributed by atoms with Crippen molar-refractivity contribution in [1.29, 1.82) is 0 Å². The standard InChI is InChI=1S/C17H20ClN3O/c1-10-4-7-14(8-16(10)18)21-12(3)15(11(2)20-21)9-17(22)19-13-5-6-13/h4,7-8,13H,5-6,9H2,1-3H3,(H,19,22). The minimum absolute atomic E-state index is 0.0789. The molecule has 1 aliphatic rings. The molecule has 1 N–H and O–H groups in total. The molecule has 0 spiro atoms. The minimum atomic E-state index is 0.0789. The van der Waals surface area contributed by atoms with Gasteiger partial charge in [-0.2, -0.15) is 5.10 Å². The predicted octanol–water partition coefficient (Wildman–Crippen LogP) is 3.27. The van der Waals surface area contributed by atoms with Gasteiger partial charge in [0.1, 0.15) is 0 Å². The van der Waals surface area contributed by atoms with Gasteiger partial charge < -0.3 is 5.32 Å². The molecule has 1 amide bonds. The van der Waals surface area contributed by atoms with Crippen LogP contribution in [0.2, 0.25) is 5.02 Å². The fourth-order valence-electron chi connectivity index (χ4n) is 2.56. The van der Waals surface area contributed by atoms with Crippen LogP contribution in [0.25, 0.3) is 5.69 Å². The number of hydrogen-bond acceptors (Lipinski definition) is 2. The van der Waals surface area contributed by atoms with Gasteiger partial charge in [0.15, 0.2) is 0 Å². The Morgan fingerprint density at radius 1 is 1.36 bits per heavy atom. The normalized spacial score (nSPS) is 14.2. The van der Waals surface area contributed by atoms with Crippen LogP contribution < -0.4 is 5.32 Å². The Balaban J connectivity index is 1.88. The molecule has 0 bridgehead atoms. The number of nitrogens with one attached hydrogen (secondary N) is 1. The van der Waals surface area contributed by atoms with Gasteiger partial charge in [-0.3, -0.25) is 4.79 Å². The number of carbonyl (C=O) groups excluding carboxylic acids is 1. The van der Waals surface area contributed by atoms with E-state index in [2.05, 4.69) is 10.4 Å². The van der Waals surface area contributed by atoms with Crippen LogP contribution in [-0.2, 0) is 11.2 Å². The lowest BCUT2D eigenvalue weighted by Crippen LogP contribution is -2.27. The van der Waals surface area contributed by atoms with E-state index < -0.39 is 0 Å². The first-order valence-electron chi connectivity index (χ1n) is 7.56. The van der Waals surface area contributed by atoms with Crippen LogP contribution in [0.4, 0.5) is 0 Å². The van der Waals surface area contributed by atoms with Crippen LogP contribution >= 0.6 is 11.6 Å². The summed E-state index contributed by atoms with van der Waals surface area (Å²) in [7, 11) is 0. The number of carbonyl (C=O) groups is 1. The lowest BCUT2D eigenvalue weighted by Gasteiger charge is -2.07. The van der Waals surface area contributed by atoms with E-state index in [-0.39, 0.29) is 5.91 Å². The number of halogens is 1. The molecule has 5 heteroatoms. The Morgan fingerprint density at radius 2 is 2.09 bits per heavy atom. The van der Waals surface area contributed by atoms with Gasteiger partial charge in [-0.15, -0.1) is 0 Å². The Kier molecular flexibility index (Phi) is 3.96. The maximum atomic E-state index is 12.0. The van der Waals surface area contributed by atoms with Crippen LogP contribution in [-0.4, -0.2) is 21.7 Å². The maximum Gasteiger partial charge on any atom is 0.224 e. The first-order valence-corrected chi connectivity index (χ1v) is 7.94. The van der Waals surface area contributed by atoms with Gasteiger partial charge >= 0.3 is 0 Å². The summed E-state index contributed by atoms with van der Waals surface area (Å²) in [5.41, 5.74) is 4.83. The molecule has 2 aromatic rings. The second kappa shape index (κ2) is 5.76. The topological polar surface area (TPSA) is 46.9 Å². The molecule has 0 saturated heterocycles. The van der Waals surface area contributed by atoms with E-state index >= 15 is 0 Å². The van der Waals surface area contributed by atoms with Crippen molar-refractivity contribution in [3.63, 3.8) is 0 Å². The number of rotatable bonds is 4. The average molecular weight is 318 g/mol. The Morgan fingerprint density at radius 3 is 2.73 bits per heavy atom. The Bertz CT molecular complexity index is 732. The third kappa shape index (κ3) is 3.02. The van der Waals surface area contributed by atoms with Crippen molar-refractivity contribution in [2.45, 2.75) is 46.1 Å². The van der Waals surface area contributed by atoms with Crippen LogP contribution in [0.3, 0.4) is 0 Å². The van der Waals surface area contributed by atoms with Crippen molar-refractivity contribution >= 4 is 17.5 Å². The molecule has 1 saturated carbocycles. The summed E-state index contributed by atoms with van der Waals surface area (Å²) in [6.45, 7) is 5.91. The van der Waals surface area contributed by atoms with Crippen LogP contribution in [0, 0.1) is 20.8 Å². The summed E-state index contributed by atoms with van der Waals surface area (Å²) in [6, 6.07) is 6.27. The molecule has 1 fully saturated rings. The van der Waals surface area contributed by atoms with Crippen molar-refractivity contribution < 1.29 is 4.79 Å². The van der Waals surface area contributed by atoms with Gasteiger partial charge in [0.25, 0.3) is 0 Å². The van der Waals surface area contributed by atoms with Gasteiger partial charge in [0.05, 0.1) is 17.8 Å². The fraction of sp³-hybridized carbons (Fsp3) is 0.412. The predicted molar refractivity (Wildman–Crippen MR) is 87.7 cm³/mol. The van der Waals surface area contributed by atoms with E-state index in [4.69, 9.17) is 11.6 Å². The third-order valence-corrected chi connectivity index (χ3v) is 4.53. The first kappa shape index (κ1) is 15.1. The molecule has 22 heavy (non-hydrogen) atoms. The van der Waals surface area contributed by atoms with Crippen molar-refractivity contribution in [3.05, 3.63) is 45.7 Å². The van der Waals surface area contributed by atoms with Crippen LogP contribution in [0.5, 0.6) is 0 Å². The zero-order chi connectivity index (χ0) is 15.9. The zero-order valence-electron chi connectivity index (χ0n) is 13.1. The van der Waals surface area contributed by atoms with Gasteiger partial charge in [-0.05, 0) is 51.3 Å². The highest BCUT2D eigenvalue weighted by Gasteiger charge is 2.24. The summed E-state index contributed by atoms with van der Waals surface area (Å²) < 4.78 is 1.86. The average Bonchev–Trinajstić information content (AvgIpc) is 3.23. The summed E-state index contributed by atoms with van der Waals surface area (Å²) in [4.78, 5) is 12.0. The molecule has 0 atom stereocenters. The number of amides is 1. The van der Waals surface area contributed by atoms with Gasteiger partial charge in [0.2, 0.25) is 5.91 Å². The highest BCUT2D eigenvalue weighted by molar-refractivity contribution is 6.31. The smallest absolute Gasteiger partial charge is 0.224 e. The summed E-state index contributed by atoms with van der Waals surface area (Å²) in [6.07, 6.45) is 2.59. The molecule has 1 heterocycles. The molecule has 1 aromatic carbocycles. The minimum Gasteiger partial charge on any atom is -0.353 e. The molecular weight excluding hydrogens is 298 g/mol. The van der Waals surface area contributed by atoms with E-state index in [0.29, 0.717) is 12.5 Å². The molecule has 0 aliphatic heterocycles. The largest absolute Gasteiger partial charge is 0.353 e. The lowest BCUT2D eigenvalue weighted by molar-refractivity contribution is -0.120. The van der Waals surface area contributed by atoms with Crippen LogP contribution in [0.15, 0.2) is 18.2 Å². The van der Waals surface area contributed by atoms with Crippen molar-refractivity contribution in [3.8, 4) is 5.69 Å². The number of hydrogen-bond donors (Lipinski definition) is 1. The van der Waals surface area contributed by atoms with Crippen molar-refractivity contribution in [2.24, 2.45) is 0 Å². The molecule has 4 nitrogen and oxygen atoms in total. The molecule has 0 unspecified atom stereocenters. The van der Waals surface area contributed by atoms with E-state index in [9.17, 15) is 4.79 Å². The maximum absolute atomic E-state index is 12.0. The first-order chi connectivity index (χ1) is 10.5. The van der Waals surface area contributed by atoms with E-state index in [1.807, 2.05) is 43.7 Å². The highest BCUT2D eigenvalue weighted by atomic mass is 35.5. The number of nitrogens with zero attached hydrogens (tertiary/aromatic N) is 2. The summed E-state index contributed by atoms with van der Waals surface area (Å²) >= 11 is 6.21. The molecule has 116 valence electrons. The van der Waals surface area contributed by atoms with Crippen molar-refractivity contribution in [2.75, 3.05) is 0 Å². The zero-order valence-corrected chi connectivity index (χ0v) is 13.9. The SMILES string of the molecule is Cc1ccc(-n2nc(C)c(CC(=O)NC3CC3)c2C)cc1Cl.